The Hall–Kier alpha value is -2.17. The zero-order valence-electron chi connectivity index (χ0n) is 13.5. The van der Waals surface area contributed by atoms with Crippen molar-refractivity contribution in [3.8, 4) is 0 Å². The Morgan fingerprint density at radius 1 is 1.27 bits per heavy atom. The van der Waals surface area contributed by atoms with Gasteiger partial charge in [-0.1, -0.05) is 19.1 Å². The maximum Gasteiger partial charge on any atom is 0.247 e. The summed E-state index contributed by atoms with van der Waals surface area (Å²) in [5.74, 6) is 2.16. The Labute approximate surface area is 131 Å². The minimum Gasteiger partial charge on any atom is -0.339 e. The molecule has 2 heterocycles. The highest BCUT2D eigenvalue weighted by Gasteiger charge is 2.19. The molecular weight excluding hydrogens is 274 g/mol. The van der Waals surface area contributed by atoms with Crippen LogP contribution in [0.15, 0.2) is 24.4 Å². The Morgan fingerprint density at radius 3 is 2.95 bits per heavy atom. The molecule has 0 radical (unpaired) electrons. The van der Waals surface area contributed by atoms with Crippen molar-refractivity contribution in [2.45, 2.75) is 33.6 Å². The molecule has 1 saturated heterocycles. The average Bonchev–Trinajstić information content (AvgIpc) is 2.52. The summed E-state index contributed by atoms with van der Waals surface area (Å²) in [6, 6.07) is 6.22. The van der Waals surface area contributed by atoms with Gasteiger partial charge in [0.2, 0.25) is 5.95 Å². The lowest BCUT2D eigenvalue weighted by molar-refractivity contribution is 0.441. The van der Waals surface area contributed by atoms with Crippen molar-refractivity contribution in [2.24, 2.45) is 5.92 Å². The third kappa shape index (κ3) is 3.18. The van der Waals surface area contributed by atoms with E-state index in [4.69, 9.17) is 0 Å². The molecule has 1 aliphatic rings. The molecule has 0 spiro atoms. The van der Waals surface area contributed by atoms with E-state index in [0.29, 0.717) is 5.92 Å². The third-order valence-electron chi connectivity index (χ3n) is 4.35. The number of piperidine rings is 1. The van der Waals surface area contributed by atoms with Gasteiger partial charge in [0.05, 0.1) is 6.20 Å². The van der Waals surface area contributed by atoms with Crippen LogP contribution in [-0.2, 0) is 0 Å². The molecule has 116 valence electrons. The number of hydrogen-bond acceptors (Lipinski definition) is 5. The Bertz CT molecular complexity index is 655. The van der Waals surface area contributed by atoms with E-state index in [1.165, 1.54) is 24.0 Å². The third-order valence-corrected chi connectivity index (χ3v) is 4.35. The SMILES string of the molecule is Cc1cccc(Nc2cnnc(N3CCCC(C)C3)n2)c1C. The summed E-state index contributed by atoms with van der Waals surface area (Å²) in [5, 5.41) is 11.7. The van der Waals surface area contributed by atoms with Crippen molar-refractivity contribution in [3.05, 3.63) is 35.5 Å². The Kier molecular flexibility index (Phi) is 4.22. The molecule has 1 aliphatic heterocycles. The fourth-order valence-electron chi connectivity index (χ4n) is 2.88. The van der Waals surface area contributed by atoms with Crippen LogP contribution < -0.4 is 10.2 Å². The number of rotatable bonds is 3. The fourth-order valence-corrected chi connectivity index (χ4v) is 2.88. The summed E-state index contributed by atoms with van der Waals surface area (Å²) in [5.41, 5.74) is 3.56. The van der Waals surface area contributed by atoms with Gasteiger partial charge in [-0.3, -0.25) is 0 Å². The minimum absolute atomic E-state index is 0.688. The van der Waals surface area contributed by atoms with Crippen LogP contribution in [0.25, 0.3) is 0 Å². The summed E-state index contributed by atoms with van der Waals surface area (Å²) in [6.07, 6.45) is 4.15. The molecule has 0 saturated carbocycles. The largest absolute Gasteiger partial charge is 0.339 e. The average molecular weight is 297 g/mol. The zero-order valence-corrected chi connectivity index (χ0v) is 13.5. The van der Waals surface area contributed by atoms with Crippen LogP contribution in [0.3, 0.4) is 0 Å². The molecule has 5 heteroatoms. The number of nitrogens with zero attached hydrogens (tertiary/aromatic N) is 4. The molecule has 3 rings (SSSR count). The van der Waals surface area contributed by atoms with Crippen LogP contribution in [0, 0.1) is 19.8 Å². The number of anilines is 3. The van der Waals surface area contributed by atoms with E-state index < -0.39 is 0 Å². The van der Waals surface area contributed by atoms with Gasteiger partial charge in [0.25, 0.3) is 0 Å². The van der Waals surface area contributed by atoms with Gasteiger partial charge in [-0.2, -0.15) is 10.1 Å². The van der Waals surface area contributed by atoms with Gasteiger partial charge in [-0.25, -0.2) is 0 Å². The Morgan fingerprint density at radius 2 is 2.14 bits per heavy atom. The first-order chi connectivity index (χ1) is 10.6. The lowest BCUT2D eigenvalue weighted by atomic mass is 10.0. The normalized spacial score (nSPS) is 18.3. The van der Waals surface area contributed by atoms with Crippen molar-refractivity contribution in [2.75, 3.05) is 23.3 Å². The van der Waals surface area contributed by atoms with Gasteiger partial charge in [-0.05, 0) is 49.8 Å². The van der Waals surface area contributed by atoms with E-state index in [1.54, 1.807) is 6.20 Å². The quantitative estimate of drug-likeness (QED) is 0.940. The first-order valence-electron chi connectivity index (χ1n) is 7.91. The summed E-state index contributed by atoms with van der Waals surface area (Å²) in [7, 11) is 0. The molecule has 1 unspecified atom stereocenters. The second kappa shape index (κ2) is 6.30. The second-order valence-corrected chi connectivity index (χ2v) is 6.21. The van der Waals surface area contributed by atoms with E-state index in [0.717, 1.165) is 30.5 Å². The molecule has 0 bridgehead atoms. The molecule has 1 aromatic heterocycles. The van der Waals surface area contributed by atoms with Crippen LogP contribution in [0.5, 0.6) is 0 Å². The van der Waals surface area contributed by atoms with E-state index >= 15 is 0 Å². The van der Waals surface area contributed by atoms with Crippen molar-refractivity contribution in [1.29, 1.82) is 0 Å². The molecule has 1 aromatic carbocycles. The van der Waals surface area contributed by atoms with Gasteiger partial charge in [0.1, 0.15) is 0 Å². The summed E-state index contributed by atoms with van der Waals surface area (Å²) in [6.45, 7) is 8.52. The standard InChI is InChI=1S/C17H23N5/c1-12-6-5-9-22(11-12)17-20-16(10-18-21-17)19-15-8-4-7-13(2)14(15)3/h4,7-8,10,12H,5-6,9,11H2,1-3H3,(H,19,20,21). The maximum atomic E-state index is 4.64. The van der Waals surface area contributed by atoms with Crippen molar-refractivity contribution in [1.82, 2.24) is 15.2 Å². The fraction of sp³-hybridized carbons (Fsp3) is 0.471. The van der Waals surface area contributed by atoms with Gasteiger partial charge >= 0.3 is 0 Å². The predicted molar refractivity (Wildman–Crippen MR) is 89.6 cm³/mol. The molecule has 0 amide bonds. The topological polar surface area (TPSA) is 53.9 Å². The van der Waals surface area contributed by atoms with Gasteiger partial charge in [0.15, 0.2) is 5.82 Å². The molecule has 22 heavy (non-hydrogen) atoms. The molecule has 1 N–H and O–H groups in total. The highest BCUT2D eigenvalue weighted by Crippen LogP contribution is 2.23. The van der Waals surface area contributed by atoms with Crippen LogP contribution in [0.2, 0.25) is 0 Å². The van der Waals surface area contributed by atoms with Crippen LogP contribution in [-0.4, -0.2) is 28.3 Å². The number of nitrogens with one attached hydrogen (secondary N) is 1. The molecule has 0 aliphatic carbocycles. The number of benzene rings is 1. The smallest absolute Gasteiger partial charge is 0.247 e. The molecule has 1 atom stereocenters. The predicted octanol–water partition coefficient (Wildman–Crippen LogP) is 3.47. The van der Waals surface area contributed by atoms with Gasteiger partial charge < -0.3 is 10.2 Å². The number of aromatic nitrogens is 3. The van der Waals surface area contributed by atoms with E-state index in [9.17, 15) is 0 Å². The zero-order chi connectivity index (χ0) is 15.5. The summed E-state index contributed by atoms with van der Waals surface area (Å²) >= 11 is 0. The minimum atomic E-state index is 0.688. The molecule has 1 fully saturated rings. The van der Waals surface area contributed by atoms with Crippen LogP contribution >= 0.6 is 0 Å². The number of hydrogen-bond donors (Lipinski definition) is 1. The number of aryl methyl sites for hydroxylation is 1. The van der Waals surface area contributed by atoms with Crippen LogP contribution in [0.4, 0.5) is 17.5 Å². The van der Waals surface area contributed by atoms with E-state index in [-0.39, 0.29) is 0 Å². The first-order valence-corrected chi connectivity index (χ1v) is 7.91. The van der Waals surface area contributed by atoms with Crippen LogP contribution in [0.1, 0.15) is 30.9 Å². The molecule has 2 aromatic rings. The highest BCUT2D eigenvalue weighted by molar-refractivity contribution is 5.62. The molecule has 5 nitrogen and oxygen atoms in total. The second-order valence-electron chi connectivity index (χ2n) is 6.21. The first kappa shape index (κ1) is 14.8. The summed E-state index contributed by atoms with van der Waals surface area (Å²) in [4.78, 5) is 6.87. The van der Waals surface area contributed by atoms with Crippen molar-refractivity contribution in [3.63, 3.8) is 0 Å². The maximum absolute atomic E-state index is 4.64. The Balaban J connectivity index is 1.80. The van der Waals surface area contributed by atoms with Crippen molar-refractivity contribution >= 4 is 17.5 Å². The van der Waals surface area contributed by atoms with Gasteiger partial charge in [0, 0.05) is 18.8 Å². The van der Waals surface area contributed by atoms with Gasteiger partial charge in [-0.15, -0.1) is 5.10 Å². The lowest BCUT2D eigenvalue weighted by Gasteiger charge is -2.30. The molecular formula is C17H23N5. The van der Waals surface area contributed by atoms with E-state index in [2.05, 4.69) is 58.3 Å². The monoisotopic (exact) mass is 297 g/mol. The summed E-state index contributed by atoms with van der Waals surface area (Å²) < 4.78 is 0. The van der Waals surface area contributed by atoms with E-state index in [1.807, 2.05) is 6.07 Å². The van der Waals surface area contributed by atoms with Crippen molar-refractivity contribution < 1.29 is 0 Å². The lowest BCUT2D eigenvalue weighted by Crippen LogP contribution is -2.35. The highest BCUT2D eigenvalue weighted by atomic mass is 15.3.